The van der Waals surface area contributed by atoms with Gasteiger partial charge in [-0.2, -0.15) is 0 Å². The van der Waals surface area contributed by atoms with Crippen molar-refractivity contribution >= 4 is 11.6 Å². The van der Waals surface area contributed by atoms with E-state index in [1.54, 1.807) is 32.0 Å². The first-order chi connectivity index (χ1) is 15.0. The molecule has 1 amide bonds. The van der Waals surface area contributed by atoms with Gasteiger partial charge in [0.2, 0.25) is 5.91 Å². The van der Waals surface area contributed by atoms with E-state index in [2.05, 4.69) is 30.8 Å². The molecule has 0 spiro atoms. The van der Waals surface area contributed by atoms with Gasteiger partial charge in [0.15, 0.2) is 0 Å². The van der Waals surface area contributed by atoms with Crippen LogP contribution in [0.2, 0.25) is 0 Å². The molecule has 0 aliphatic heterocycles. The average molecular weight is 415 g/mol. The van der Waals surface area contributed by atoms with Crippen molar-refractivity contribution in [3.8, 4) is 11.4 Å². The lowest BCUT2D eigenvalue weighted by Crippen LogP contribution is -2.29. The summed E-state index contributed by atoms with van der Waals surface area (Å²) in [5.74, 6) is 0.742. The SMILES string of the molecule is Cc1cc(=O)[nH]c(-c2cccc(NC(=O)C(Cc3ccccc3)n3nnnc3C)c2)n1. The van der Waals surface area contributed by atoms with Crippen molar-refractivity contribution < 1.29 is 4.79 Å². The van der Waals surface area contributed by atoms with Gasteiger partial charge in [-0.25, -0.2) is 9.67 Å². The van der Waals surface area contributed by atoms with Gasteiger partial charge in [0.05, 0.1) is 0 Å². The number of hydrogen-bond acceptors (Lipinski definition) is 6. The summed E-state index contributed by atoms with van der Waals surface area (Å²) < 4.78 is 1.52. The molecule has 2 aromatic carbocycles. The molecule has 2 N–H and O–H groups in total. The van der Waals surface area contributed by atoms with E-state index >= 15 is 0 Å². The summed E-state index contributed by atoms with van der Waals surface area (Å²) in [4.78, 5) is 32.1. The smallest absolute Gasteiger partial charge is 0.251 e. The maximum atomic E-state index is 13.2. The fourth-order valence-corrected chi connectivity index (χ4v) is 3.34. The number of amides is 1. The molecule has 0 bridgehead atoms. The Hall–Kier alpha value is -4.14. The molecule has 9 nitrogen and oxygen atoms in total. The minimum absolute atomic E-state index is 0.228. The Balaban J connectivity index is 1.61. The first-order valence-corrected chi connectivity index (χ1v) is 9.77. The van der Waals surface area contributed by atoms with Crippen LogP contribution in [0.4, 0.5) is 5.69 Å². The molecule has 0 saturated carbocycles. The number of aryl methyl sites for hydroxylation is 2. The van der Waals surface area contributed by atoms with Gasteiger partial charge in [-0.3, -0.25) is 9.59 Å². The van der Waals surface area contributed by atoms with Crippen LogP contribution in [0.3, 0.4) is 0 Å². The number of nitrogens with one attached hydrogen (secondary N) is 2. The van der Waals surface area contributed by atoms with Crippen molar-refractivity contribution in [2.75, 3.05) is 5.32 Å². The average Bonchev–Trinajstić information content (AvgIpc) is 3.17. The third-order valence-electron chi connectivity index (χ3n) is 4.80. The highest BCUT2D eigenvalue weighted by Gasteiger charge is 2.24. The molecule has 0 aliphatic carbocycles. The lowest BCUT2D eigenvalue weighted by molar-refractivity contribution is -0.119. The number of benzene rings is 2. The molecule has 1 atom stereocenters. The normalized spacial score (nSPS) is 11.8. The molecule has 31 heavy (non-hydrogen) atoms. The first kappa shape index (κ1) is 20.1. The summed E-state index contributed by atoms with van der Waals surface area (Å²) >= 11 is 0. The third-order valence-corrected chi connectivity index (χ3v) is 4.80. The van der Waals surface area contributed by atoms with Crippen LogP contribution < -0.4 is 10.9 Å². The van der Waals surface area contributed by atoms with E-state index in [-0.39, 0.29) is 11.5 Å². The first-order valence-electron chi connectivity index (χ1n) is 9.77. The van der Waals surface area contributed by atoms with Crippen molar-refractivity contribution in [2.45, 2.75) is 26.3 Å². The highest BCUT2D eigenvalue weighted by atomic mass is 16.2. The van der Waals surface area contributed by atoms with Crippen LogP contribution in [0.5, 0.6) is 0 Å². The summed E-state index contributed by atoms with van der Waals surface area (Å²) in [6.07, 6.45) is 0.436. The molecule has 4 rings (SSSR count). The van der Waals surface area contributed by atoms with E-state index in [9.17, 15) is 9.59 Å². The predicted molar refractivity (Wildman–Crippen MR) is 115 cm³/mol. The van der Waals surface area contributed by atoms with Crippen LogP contribution in [0.1, 0.15) is 23.1 Å². The minimum atomic E-state index is -0.627. The van der Waals surface area contributed by atoms with E-state index in [1.165, 1.54) is 10.7 Å². The summed E-state index contributed by atoms with van der Waals surface area (Å²) in [6, 6.07) is 17.7. The molecular weight excluding hydrogens is 394 g/mol. The summed E-state index contributed by atoms with van der Waals surface area (Å²) in [5, 5.41) is 14.6. The Bertz CT molecular complexity index is 1260. The molecule has 1 unspecified atom stereocenters. The number of hydrogen-bond donors (Lipinski definition) is 2. The second kappa shape index (κ2) is 8.70. The summed E-state index contributed by atoms with van der Waals surface area (Å²) in [7, 11) is 0. The Kier molecular flexibility index (Phi) is 5.65. The quantitative estimate of drug-likeness (QED) is 0.499. The van der Waals surface area contributed by atoms with E-state index < -0.39 is 6.04 Å². The van der Waals surface area contributed by atoms with Crippen LogP contribution in [0.25, 0.3) is 11.4 Å². The van der Waals surface area contributed by atoms with Crippen molar-refractivity contribution in [3.05, 3.63) is 88.1 Å². The standard InChI is InChI=1S/C22H21N7O2/c1-14-11-20(30)25-21(23-14)17-9-6-10-18(13-17)24-22(31)19(29-15(2)26-27-28-29)12-16-7-4-3-5-8-16/h3-11,13,19H,12H2,1-2H3,(H,24,31)(H,23,25,30). The summed E-state index contributed by atoms with van der Waals surface area (Å²) in [6.45, 7) is 3.51. The van der Waals surface area contributed by atoms with E-state index in [0.29, 0.717) is 35.0 Å². The van der Waals surface area contributed by atoms with Gasteiger partial charge < -0.3 is 10.3 Å². The number of carbonyl (C=O) groups excluding carboxylic acids is 1. The van der Waals surface area contributed by atoms with E-state index in [4.69, 9.17) is 0 Å². The molecule has 2 heterocycles. The molecule has 0 saturated heterocycles. The second-order valence-corrected chi connectivity index (χ2v) is 7.18. The third kappa shape index (κ3) is 4.72. The van der Waals surface area contributed by atoms with Gasteiger partial charge in [0.1, 0.15) is 17.7 Å². The number of tetrazole rings is 1. The van der Waals surface area contributed by atoms with Crippen LogP contribution in [-0.2, 0) is 11.2 Å². The fraction of sp³-hybridized carbons (Fsp3) is 0.182. The van der Waals surface area contributed by atoms with Crippen LogP contribution in [0.15, 0.2) is 65.5 Å². The molecule has 4 aromatic rings. The van der Waals surface area contributed by atoms with Crippen molar-refractivity contribution in [1.29, 1.82) is 0 Å². The van der Waals surface area contributed by atoms with Crippen LogP contribution >= 0.6 is 0 Å². The maximum absolute atomic E-state index is 13.2. The Labute approximate surface area is 178 Å². The molecular formula is C22H21N7O2. The number of aromatic nitrogens is 6. The van der Waals surface area contributed by atoms with Crippen molar-refractivity contribution in [1.82, 2.24) is 30.2 Å². The van der Waals surface area contributed by atoms with Gasteiger partial charge in [-0.05, 0) is 42.0 Å². The van der Waals surface area contributed by atoms with Gasteiger partial charge in [-0.15, -0.1) is 5.10 Å². The maximum Gasteiger partial charge on any atom is 0.251 e. The highest BCUT2D eigenvalue weighted by Crippen LogP contribution is 2.21. The fourth-order valence-electron chi connectivity index (χ4n) is 3.34. The van der Waals surface area contributed by atoms with Gasteiger partial charge in [0.25, 0.3) is 5.56 Å². The van der Waals surface area contributed by atoms with E-state index in [0.717, 1.165) is 5.56 Å². The van der Waals surface area contributed by atoms with Gasteiger partial charge in [-0.1, -0.05) is 42.5 Å². The van der Waals surface area contributed by atoms with Gasteiger partial charge >= 0.3 is 0 Å². The largest absolute Gasteiger partial charge is 0.324 e. The van der Waals surface area contributed by atoms with Gasteiger partial charge in [0, 0.05) is 29.4 Å². The zero-order valence-corrected chi connectivity index (χ0v) is 17.1. The summed E-state index contributed by atoms with van der Waals surface area (Å²) in [5.41, 5.74) is 2.65. The molecule has 0 aliphatic rings. The lowest BCUT2D eigenvalue weighted by atomic mass is 10.0. The number of H-pyrrole nitrogens is 1. The van der Waals surface area contributed by atoms with Crippen LogP contribution in [-0.4, -0.2) is 36.1 Å². The zero-order valence-electron chi connectivity index (χ0n) is 17.1. The van der Waals surface area contributed by atoms with Crippen molar-refractivity contribution in [3.63, 3.8) is 0 Å². The number of rotatable bonds is 6. The predicted octanol–water partition coefficient (Wildman–Crippen LogP) is 2.46. The molecule has 156 valence electrons. The highest BCUT2D eigenvalue weighted by molar-refractivity contribution is 5.94. The number of carbonyl (C=O) groups is 1. The topological polar surface area (TPSA) is 118 Å². The number of nitrogens with zero attached hydrogens (tertiary/aromatic N) is 5. The Morgan fingerprint density at radius 2 is 1.90 bits per heavy atom. The molecule has 0 fully saturated rings. The zero-order chi connectivity index (χ0) is 21.8. The molecule has 2 aromatic heterocycles. The Morgan fingerprint density at radius 1 is 1.10 bits per heavy atom. The van der Waals surface area contributed by atoms with E-state index in [1.807, 2.05) is 36.4 Å². The number of anilines is 1. The molecule has 9 heteroatoms. The van der Waals surface area contributed by atoms with Crippen molar-refractivity contribution in [2.24, 2.45) is 0 Å². The van der Waals surface area contributed by atoms with Crippen LogP contribution in [0, 0.1) is 13.8 Å². The monoisotopic (exact) mass is 415 g/mol. The molecule has 0 radical (unpaired) electrons. The minimum Gasteiger partial charge on any atom is -0.324 e. The second-order valence-electron chi connectivity index (χ2n) is 7.18. The Morgan fingerprint density at radius 3 is 2.61 bits per heavy atom. The number of aromatic amines is 1. The lowest BCUT2D eigenvalue weighted by Gasteiger charge is -2.18.